The van der Waals surface area contributed by atoms with Crippen LogP contribution in [-0.4, -0.2) is 35.7 Å². The van der Waals surface area contributed by atoms with Gasteiger partial charge in [0.1, 0.15) is 6.26 Å². The van der Waals surface area contributed by atoms with Gasteiger partial charge in [-0.1, -0.05) is 5.16 Å². The van der Waals surface area contributed by atoms with Gasteiger partial charge in [0.25, 0.3) is 0 Å². The molecular formula is C10H18ClN3O. The molecule has 15 heavy (non-hydrogen) atoms. The van der Waals surface area contributed by atoms with Gasteiger partial charge in [0.15, 0.2) is 0 Å². The van der Waals surface area contributed by atoms with Gasteiger partial charge in [0.05, 0.1) is 5.69 Å². The highest BCUT2D eigenvalue weighted by Crippen LogP contribution is 2.22. The molecule has 1 N–H and O–H groups in total. The maximum Gasteiger partial charge on any atom is 0.124 e. The third-order valence-corrected chi connectivity index (χ3v) is 3.16. The first-order valence-corrected chi connectivity index (χ1v) is 5.02. The molecule has 0 bridgehead atoms. The van der Waals surface area contributed by atoms with E-state index in [1.54, 1.807) is 6.26 Å². The first kappa shape index (κ1) is 12.5. The fraction of sp³-hybridized carbons (Fsp3) is 0.700. The number of hydrogen-bond acceptors (Lipinski definition) is 4. The van der Waals surface area contributed by atoms with Crippen molar-refractivity contribution < 1.29 is 4.52 Å². The number of rotatable bonds is 3. The predicted octanol–water partition coefficient (Wildman–Crippen LogP) is 1.28. The number of likely N-dealkylation sites (N-methyl/N-ethyl adjacent to an activating group) is 1. The zero-order valence-electron chi connectivity index (χ0n) is 9.19. The molecule has 2 rings (SSSR count). The van der Waals surface area contributed by atoms with E-state index in [0.29, 0.717) is 0 Å². The predicted molar refractivity (Wildman–Crippen MR) is 61.1 cm³/mol. The molecule has 1 unspecified atom stereocenters. The summed E-state index contributed by atoms with van der Waals surface area (Å²) in [6.45, 7) is 5.31. The zero-order chi connectivity index (χ0) is 10.0. The minimum absolute atomic E-state index is 0. The molecule has 1 saturated heterocycles. The molecule has 0 spiro atoms. The van der Waals surface area contributed by atoms with Crippen molar-refractivity contribution >= 4 is 12.4 Å². The minimum atomic E-state index is 0. The Kier molecular flexibility index (Phi) is 4.13. The summed E-state index contributed by atoms with van der Waals surface area (Å²) in [6.07, 6.45) is 2.82. The highest BCUT2D eigenvalue weighted by molar-refractivity contribution is 5.85. The van der Waals surface area contributed by atoms with Crippen LogP contribution < -0.4 is 5.32 Å². The second-order valence-corrected chi connectivity index (χ2v) is 4.27. The van der Waals surface area contributed by atoms with Crippen molar-refractivity contribution in [2.75, 3.05) is 20.1 Å². The second-order valence-electron chi connectivity index (χ2n) is 4.27. The molecule has 0 aromatic carbocycles. The Morgan fingerprint density at radius 3 is 3.00 bits per heavy atom. The summed E-state index contributed by atoms with van der Waals surface area (Å²) >= 11 is 0. The molecule has 4 nitrogen and oxygen atoms in total. The van der Waals surface area contributed by atoms with Crippen molar-refractivity contribution in [3.8, 4) is 0 Å². The molecule has 1 aromatic rings. The van der Waals surface area contributed by atoms with Gasteiger partial charge in [0.2, 0.25) is 0 Å². The van der Waals surface area contributed by atoms with Gasteiger partial charge in [-0.15, -0.1) is 12.4 Å². The average molecular weight is 232 g/mol. The van der Waals surface area contributed by atoms with Crippen molar-refractivity contribution in [1.29, 1.82) is 0 Å². The standard InChI is InChI=1S/C10H17N3O.ClH/c1-10(4-5-11-8-10)13(2)7-9-3-6-14-12-9;/h3,6,11H,4-5,7-8H2,1-2H3;1H. The molecule has 1 aromatic heterocycles. The van der Waals surface area contributed by atoms with Crippen LogP contribution in [0.15, 0.2) is 16.9 Å². The van der Waals surface area contributed by atoms with E-state index in [1.165, 1.54) is 6.42 Å². The van der Waals surface area contributed by atoms with Gasteiger partial charge in [-0.2, -0.15) is 0 Å². The van der Waals surface area contributed by atoms with Crippen LogP contribution >= 0.6 is 12.4 Å². The third-order valence-electron chi connectivity index (χ3n) is 3.16. The summed E-state index contributed by atoms with van der Waals surface area (Å²) in [4.78, 5) is 2.34. The van der Waals surface area contributed by atoms with Crippen molar-refractivity contribution in [2.45, 2.75) is 25.4 Å². The summed E-state index contributed by atoms with van der Waals surface area (Å²) in [7, 11) is 2.14. The molecule has 86 valence electrons. The maximum absolute atomic E-state index is 4.82. The highest BCUT2D eigenvalue weighted by Gasteiger charge is 2.32. The topological polar surface area (TPSA) is 41.3 Å². The summed E-state index contributed by atoms with van der Waals surface area (Å²) < 4.78 is 4.82. The lowest BCUT2D eigenvalue weighted by molar-refractivity contribution is 0.145. The Labute approximate surface area is 96.4 Å². The summed E-state index contributed by atoms with van der Waals surface area (Å²) in [5.74, 6) is 0. The molecule has 1 atom stereocenters. The van der Waals surface area contributed by atoms with Crippen molar-refractivity contribution in [2.24, 2.45) is 0 Å². The Morgan fingerprint density at radius 2 is 2.47 bits per heavy atom. The summed E-state index contributed by atoms with van der Waals surface area (Å²) in [5.41, 5.74) is 1.26. The van der Waals surface area contributed by atoms with Gasteiger partial charge in [-0.25, -0.2) is 0 Å². The molecule has 1 fully saturated rings. The first-order valence-electron chi connectivity index (χ1n) is 5.02. The van der Waals surface area contributed by atoms with E-state index in [2.05, 4.69) is 29.3 Å². The SMILES string of the molecule is CN(Cc1ccon1)C1(C)CCNC1.Cl. The van der Waals surface area contributed by atoms with Crippen LogP contribution in [0.1, 0.15) is 19.0 Å². The molecule has 2 heterocycles. The highest BCUT2D eigenvalue weighted by atomic mass is 35.5. The van der Waals surface area contributed by atoms with Gasteiger partial charge in [-0.3, -0.25) is 4.90 Å². The van der Waals surface area contributed by atoms with E-state index in [1.807, 2.05) is 6.07 Å². The minimum Gasteiger partial charge on any atom is -0.364 e. The fourth-order valence-electron chi connectivity index (χ4n) is 1.88. The van der Waals surface area contributed by atoms with Crippen molar-refractivity contribution in [3.05, 3.63) is 18.0 Å². The smallest absolute Gasteiger partial charge is 0.124 e. The summed E-state index contributed by atoms with van der Waals surface area (Å²) in [6, 6.07) is 1.92. The molecule has 0 amide bonds. The average Bonchev–Trinajstić information content (AvgIpc) is 2.76. The van der Waals surface area contributed by atoms with Crippen LogP contribution in [0.4, 0.5) is 0 Å². The van der Waals surface area contributed by atoms with Crippen LogP contribution in [-0.2, 0) is 6.54 Å². The summed E-state index contributed by atoms with van der Waals surface area (Å²) in [5, 5.41) is 7.31. The molecular weight excluding hydrogens is 214 g/mol. The largest absolute Gasteiger partial charge is 0.364 e. The number of hydrogen-bond donors (Lipinski definition) is 1. The molecule has 5 heteroatoms. The van der Waals surface area contributed by atoms with E-state index < -0.39 is 0 Å². The zero-order valence-corrected chi connectivity index (χ0v) is 10.0. The fourth-order valence-corrected chi connectivity index (χ4v) is 1.88. The third kappa shape index (κ3) is 2.71. The Hall–Kier alpha value is -0.580. The van der Waals surface area contributed by atoms with Crippen molar-refractivity contribution in [1.82, 2.24) is 15.4 Å². The van der Waals surface area contributed by atoms with Gasteiger partial charge < -0.3 is 9.84 Å². The maximum atomic E-state index is 4.82. The Morgan fingerprint density at radius 1 is 1.67 bits per heavy atom. The lowest BCUT2D eigenvalue weighted by Gasteiger charge is -2.34. The number of nitrogens with one attached hydrogen (secondary N) is 1. The first-order chi connectivity index (χ1) is 6.71. The van der Waals surface area contributed by atoms with E-state index in [9.17, 15) is 0 Å². The van der Waals surface area contributed by atoms with E-state index in [-0.39, 0.29) is 17.9 Å². The van der Waals surface area contributed by atoms with E-state index in [0.717, 1.165) is 25.3 Å². The quantitative estimate of drug-likeness (QED) is 0.851. The number of nitrogens with zero attached hydrogens (tertiary/aromatic N) is 2. The van der Waals surface area contributed by atoms with Gasteiger partial charge in [-0.05, 0) is 26.9 Å². The molecule has 1 aliphatic heterocycles. The van der Waals surface area contributed by atoms with Gasteiger partial charge >= 0.3 is 0 Å². The number of aromatic nitrogens is 1. The van der Waals surface area contributed by atoms with Crippen LogP contribution in [0.2, 0.25) is 0 Å². The van der Waals surface area contributed by atoms with Crippen LogP contribution in [0.25, 0.3) is 0 Å². The van der Waals surface area contributed by atoms with Crippen LogP contribution in [0.5, 0.6) is 0 Å². The molecule has 1 aliphatic rings. The lowest BCUT2D eigenvalue weighted by Crippen LogP contribution is -2.45. The van der Waals surface area contributed by atoms with Crippen molar-refractivity contribution in [3.63, 3.8) is 0 Å². The number of halogens is 1. The lowest BCUT2D eigenvalue weighted by atomic mass is 9.99. The molecule has 0 radical (unpaired) electrons. The van der Waals surface area contributed by atoms with Crippen LogP contribution in [0, 0.1) is 0 Å². The normalized spacial score (nSPS) is 25.5. The van der Waals surface area contributed by atoms with E-state index in [4.69, 9.17) is 4.52 Å². The Balaban J connectivity index is 0.00000112. The molecule has 0 saturated carbocycles. The Bertz CT molecular complexity index is 283. The van der Waals surface area contributed by atoms with Crippen LogP contribution in [0.3, 0.4) is 0 Å². The second kappa shape index (κ2) is 4.96. The monoisotopic (exact) mass is 231 g/mol. The van der Waals surface area contributed by atoms with Gasteiger partial charge in [0, 0.05) is 24.7 Å². The van der Waals surface area contributed by atoms with E-state index >= 15 is 0 Å². The molecule has 0 aliphatic carbocycles.